The maximum absolute atomic E-state index is 12.1. The number of hydrogen-bond acceptors (Lipinski definition) is 1. The molecule has 0 heterocycles. The first kappa shape index (κ1) is 14.0. The minimum absolute atomic E-state index is 0.443. The molecular weight excluding hydrogens is 226 g/mol. The van der Waals surface area contributed by atoms with Crippen LogP contribution in [0.3, 0.4) is 0 Å². The third-order valence-electron chi connectivity index (χ3n) is 1.21. The Kier molecular flexibility index (Phi) is 6.85. The quantitative estimate of drug-likeness (QED) is 0.506. The second kappa shape index (κ2) is 7.33. The predicted octanol–water partition coefficient (Wildman–Crippen LogP) is 3.24. The Morgan fingerprint density at radius 1 is 0.867 bits per heavy atom. The minimum atomic E-state index is -3.23. The van der Waals surface area contributed by atoms with Crippen LogP contribution in [-0.2, 0) is 4.74 Å². The molecule has 7 heteroatoms. The van der Waals surface area contributed by atoms with Crippen molar-refractivity contribution in [2.75, 3.05) is 13.2 Å². The van der Waals surface area contributed by atoms with Crippen molar-refractivity contribution in [1.82, 2.24) is 0 Å². The summed E-state index contributed by atoms with van der Waals surface area (Å²) in [4.78, 5) is 0. The average molecular weight is 234 g/mol. The summed E-state index contributed by atoms with van der Waals surface area (Å²) in [6, 6.07) is 0. The summed E-state index contributed by atoms with van der Waals surface area (Å²) in [6.07, 6.45) is -5.58. The van der Waals surface area contributed by atoms with Gasteiger partial charge in [-0.05, 0) is 12.2 Å². The number of alkyl halides is 4. The van der Waals surface area contributed by atoms with Gasteiger partial charge in [0.05, 0.1) is 13.2 Å². The second-order valence-corrected chi connectivity index (χ2v) is 2.32. The third kappa shape index (κ3) is 7.01. The van der Waals surface area contributed by atoms with Gasteiger partial charge in [-0.3, -0.25) is 0 Å². The summed E-state index contributed by atoms with van der Waals surface area (Å²) in [7, 11) is 0. The molecular formula is C8H8F6O. The SMILES string of the molecule is FC(=CCOCC=C(F)C(F)F)C(F)F. The molecule has 0 unspecified atom stereocenters. The highest BCUT2D eigenvalue weighted by Gasteiger charge is 2.09. The van der Waals surface area contributed by atoms with E-state index in [1.807, 2.05) is 0 Å². The van der Waals surface area contributed by atoms with Gasteiger partial charge in [0.25, 0.3) is 12.9 Å². The van der Waals surface area contributed by atoms with E-state index in [4.69, 9.17) is 0 Å². The highest BCUT2D eigenvalue weighted by Crippen LogP contribution is 2.10. The van der Waals surface area contributed by atoms with E-state index < -0.39 is 37.7 Å². The smallest absolute Gasteiger partial charge is 0.289 e. The van der Waals surface area contributed by atoms with Gasteiger partial charge in [-0.25, -0.2) is 26.3 Å². The first-order valence-electron chi connectivity index (χ1n) is 3.80. The first-order valence-corrected chi connectivity index (χ1v) is 3.80. The highest BCUT2D eigenvalue weighted by atomic mass is 19.3. The first-order chi connectivity index (χ1) is 6.95. The molecule has 0 fully saturated rings. The largest absolute Gasteiger partial charge is 0.373 e. The molecule has 0 aliphatic heterocycles. The molecule has 1 nitrogen and oxygen atoms in total. The molecule has 0 bridgehead atoms. The summed E-state index contributed by atoms with van der Waals surface area (Å²) in [6.45, 7) is -1.08. The maximum Gasteiger partial charge on any atom is 0.289 e. The van der Waals surface area contributed by atoms with Crippen LogP contribution >= 0.6 is 0 Å². The van der Waals surface area contributed by atoms with Gasteiger partial charge in [-0.1, -0.05) is 0 Å². The molecule has 15 heavy (non-hydrogen) atoms. The van der Waals surface area contributed by atoms with Crippen molar-refractivity contribution < 1.29 is 31.1 Å². The molecule has 0 atom stereocenters. The molecule has 0 radical (unpaired) electrons. The molecule has 0 spiro atoms. The van der Waals surface area contributed by atoms with Crippen LogP contribution in [0.5, 0.6) is 0 Å². The van der Waals surface area contributed by atoms with Gasteiger partial charge in [-0.2, -0.15) is 0 Å². The molecule has 0 aromatic carbocycles. The molecule has 0 aliphatic rings. The van der Waals surface area contributed by atoms with E-state index in [1.54, 1.807) is 0 Å². The predicted molar refractivity (Wildman–Crippen MR) is 41.2 cm³/mol. The lowest BCUT2D eigenvalue weighted by atomic mass is 10.5. The minimum Gasteiger partial charge on any atom is -0.373 e. The van der Waals surface area contributed by atoms with Gasteiger partial charge in [0, 0.05) is 0 Å². The maximum atomic E-state index is 12.1. The van der Waals surface area contributed by atoms with Gasteiger partial charge in [0.1, 0.15) is 0 Å². The van der Waals surface area contributed by atoms with Crippen molar-refractivity contribution in [2.45, 2.75) is 12.9 Å². The van der Waals surface area contributed by atoms with E-state index in [9.17, 15) is 26.3 Å². The summed E-state index contributed by atoms with van der Waals surface area (Å²) in [5.41, 5.74) is 0. The van der Waals surface area contributed by atoms with Gasteiger partial charge >= 0.3 is 0 Å². The third-order valence-corrected chi connectivity index (χ3v) is 1.21. The highest BCUT2D eigenvalue weighted by molar-refractivity contribution is 4.96. The van der Waals surface area contributed by atoms with Crippen LogP contribution in [0.2, 0.25) is 0 Å². The summed E-state index contributed by atoms with van der Waals surface area (Å²) < 4.78 is 74.5. The van der Waals surface area contributed by atoms with E-state index in [0.717, 1.165) is 0 Å². The van der Waals surface area contributed by atoms with Gasteiger partial charge in [0.2, 0.25) is 0 Å². The Labute approximate surface area is 82.0 Å². The average Bonchev–Trinajstić information content (AvgIpc) is 2.16. The summed E-state index contributed by atoms with van der Waals surface area (Å²) in [5.74, 6) is -3.35. The Bertz CT molecular complexity index is 211. The fourth-order valence-electron chi connectivity index (χ4n) is 0.523. The number of rotatable bonds is 6. The van der Waals surface area contributed by atoms with E-state index in [1.165, 1.54) is 0 Å². The molecule has 0 rings (SSSR count). The van der Waals surface area contributed by atoms with Gasteiger partial charge < -0.3 is 4.74 Å². The normalized spacial score (nSPS) is 14.1. The van der Waals surface area contributed by atoms with Crippen molar-refractivity contribution in [3.05, 3.63) is 23.8 Å². The fraction of sp³-hybridized carbons (Fsp3) is 0.500. The van der Waals surface area contributed by atoms with Crippen LogP contribution in [0.4, 0.5) is 26.3 Å². The van der Waals surface area contributed by atoms with E-state index in [-0.39, 0.29) is 0 Å². The molecule has 0 saturated heterocycles. The van der Waals surface area contributed by atoms with Crippen molar-refractivity contribution in [2.24, 2.45) is 0 Å². The van der Waals surface area contributed by atoms with Crippen molar-refractivity contribution in [3.63, 3.8) is 0 Å². The Balaban J connectivity index is 3.73. The van der Waals surface area contributed by atoms with Crippen molar-refractivity contribution >= 4 is 0 Å². The monoisotopic (exact) mass is 234 g/mol. The molecule has 0 aromatic heterocycles. The molecule has 0 saturated carbocycles. The molecule has 0 aromatic rings. The Hall–Kier alpha value is -0.980. The van der Waals surface area contributed by atoms with Crippen LogP contribution in [0.15, 0.2) is 23.8 Å². The lowest BCUT2D eigenvalue weighted by Crippen LogP contribution is -1.98. The number of halogens is 6. The standard InChI is InChI=1S/C8H8F6O/c9-5(7(11)12)1-3-15-4-2-6(10)8(13)14/h1-2,7-8H,3-4H2. The van der Waals surface area contributed by atoms with Crippen molar-refractivity contribution in [1.29, 1.82) is 0 Å². The van der Waals surface area contributed by atoms with E-state index in [0.29, 0.717) is 12.2 Å². The van der Waals surface area contributed by atoms with Crippen LogP contribution in [-0.4, -0.2) is 26.1 Å². The number of allylic oxidation sites excluding steroid dienone is 2. The summed E-state index contributed by atoms with van der Waals surface area (Å²) >= 11 is 0. The van der Waals surface area contributed by atoms with Gasteiger partial charge in [0.15, 0.2) is 11.7 Å². The molecule has 0 aliphatic carbocycles. The lowest BCUT2D eigenvalue weighted by Gasteiger charge is -1.98. The molecule has 0 N–H and O–H groups in total. The van der Waals surface area contributed by atoms with Crippen molar-refractivity contribution in [3.8, 4) is 0 Å². The fourth-order valence-corrected chi connectivity index (χ4v) is 0.523. The Morgan fingerprint density at radius 3 is 1.47 bits per heavy atom. The van der Waals surface area contributed by atoms with Crippen LogP contribution in [0.25, 0.3) is 0 Å². The molecule has 0 amide bonds. The zero-order valence-electron chi connectivity index (χ0n) is 7.40. The van der Waals surface area contributed by atoms with Gasteiger partial charge in [-0.15, -0.1) is 0 Å². The topological polar surface area (TPSA) is 9.23 Å². The number of hydrogen-bond donors (Lipinski definition) is 0. The van der Waals surface area contributed by atoms with Crippen LogP contribution < -0.4 is 0 Å². The Morgan fingerprint density at radius 2 is 1.20 bits per heavy atom. The van der Waals surface area contributed by atoms with Crippen LogP contribution in [0, 0.1) is 0 Å². The van der Waals surface area contributed by atoms with Crippen LogP contribution in [0.1, 0.15) is 0 Å². The summed E-state index contributed by atoms with van der Waals surface area (Å²) in [5, 5.41) is 0. The van der Waals surface area contributed by atoms with E-state index >= 15 is 0 Å². The zero-order valence-corrected chi connectivity index (χ0v) is 7.40. The molecule has 88 valence electrons. The zero-order chi connectivity index (χ0) is 11.8. The number of ether oxygens (including phenoxy) is 1. The second-order valence-electron chi connectivity index (χ2n) is 2.32. The lowest BCUT2D eigenvalue weighted by molar-refractivity contribution is 0.145. The van der Waals surface area contributed by atoms with E-state index in [2.05, 4.69) is 4.74 Å².